The molecule has 0 aromatic rings. The number of nitrogens with two attached hydrogens (primary N) is 1. The van der Waals surface area contributed by atoms with Crippen LogP contribution in [0.25, 0.3) is 0 Å². The maximum absolute atomic E-state index is 5.20. The average molecular weight is 127 g/mol. The molecular weight excluding hydrogens is 118 g/mol. The molecule has 8 heavy (non-hydrogen) atoms. The fraction of sp³-hybridized carbons (Fsp3) is 0.333. The van der Waals surface area contributed by atoms with Gasteiger partial charge in [0.05, 0.1) is 0 Å². The largest absolute Gasteiger partial charge is 0.330 e. The van der Waals surface area contributed by atoms with E-state index in [-0.39, 0.29) is 0 Å². The van der Waals surface area contributed by atoms with E-state index < -0.39 is 0 Å². The Morgan fingerprint density at radius 1 is 1.75 bits per heavy atom. The minimum atomic E-state index is 0.708. The zero-order chi connectivity index (χ0) is 6.24. The van der Waals surface area contributed by atoms with Crippen molar-refractivity contribution >= 4 is 11.8 Å². The van der Waals surface area contributed by atoms with Gasteiger partial charge in [-0.25, -0.2) is 0 Å². The van der Waals surface area contributed by atoms with Crippen molar-refractivity contribution in [3.8, 4) is 12.3 Å². The van der Waals surface area contributed by atoms with Crippen LogP contribution < -0.4 is 5.73 Å². The smallest absolute Gasteiger partial charge is 0.00976 e. The van der Waals surface area contributed by atoms with Crippen molar-refractivity contribution in [1.29, 1.82) is 0 Å². The molecule has 44 valence electrons. The average Bonchev–Trinajstić information content (AvgIpc) is 1.81. The molecule has 0 aromatic heterocycles. The van der Waals surface area contributed by atoms with Crippen molar-refractivity contribution in [2.45, 2.75) is 0 Å². The lowest BCUT2D eigenvalue weighted by molar-refractivity contribution is 1.15. The topological polar surface area (TPSA) is 26.0 Å². The highest BCUT2D eigenvalue weighted by Gasteiger charge is 1.73. The maximum atomic E-state index is 5.20. The second kappa shape index (κ2) is 6.61. The van der Waals surface area contributed by atoms with Crippen LogP contribution in [0.1, 0.15) is 0 Å². The highest BCUT2D eigenvalue weighted by molar-refractivity contribution is 8.02. The summed E-state index contributed by atoms with van der Waals surface area (Å²) >= 11 is 1.63. The lowest BCUT2D eigenvalue weighted by atomic mass is 10.7. The first-order chi connectivity index (χ1) is 3.91. The fourth-order valence-electron chi connectivity index (χ4n) is 0.223. The SMILES string of the molecule is C#C/C=C/SCCN. The van der Waals surface area contributed by atoms with Crippen LogP contribution in [-0.2, 0) is 0 Å². The third-order valence-electron chi connectivity index (χ3n) is 0.496. The van der Waals surface area contributed by atoms with Crippen molar-refractivity contribution < 1.29 is 0 Å². The van der Waals surface area contributed by atoms with E-state index in [1.807, 2.05) is 5.41 Å². The lowest BCUT2D eigenvalue weighted by Crippen LogP contribution is -1.99. The van der Waals surface area contributed by atoms with Crippen LogP contribution in [0.3, 0.4) is 0 Å². The molecule has 0 atom stereocenters. The van der Waals surface area contributed by atoms with Gasteiger partial charge < -0.3 is 5.73 Å². The summed E-state index contributed by atoms with van der Waals surface area (Å²) < 4.78 is 0. The van der Waals surface area contributed by atoms with Gasteiger partial charge in [0.15, 0.2) is 0 Å². The van der Waals surface area contributed by atoms with E-state index in [1.54, 1.807) is 17.8 Å². The summed E-state index contributed by atoms with van der Waals surface area (Å²) in [5, 5.41) is 1.87. The van der Waals surface area contributed by atoms with E-state index in [0.717, 1.165) is 5.75 Å². The Balaban J connectivity index is 2.94. The van der Waals surface area contributed by atoms with Crippen molar-refractivity contribution in [3.05, 3.63) is 11.5 Å². The van der Waals surface area contributed by atoms with E-state index in [1.165, 1.54) is 0 Å². The molecule has 2 N–H and O–H groups in total. The number of hydrogen-bond acceptors (Lipinski definition) is 2. The van der Waals surface area contributed by atoms with Gasteiger partial charge in [-0.15, -0.1) is 18.2 Å². The molecule has 0 aliphatic heterocycles. The van der Waals surface area contributed by atoms with E-state index in [4.69, 9.17) is 12.2 Å². The Kier molecular flexibility index (Phi) is 6.29. The van der Waals surface area contributed by atoms with Gasteiger partial charge in [-0.05, 0) is 11.5 Å². The number of allylic oxidation sites excluding steroid dienone is 1. The molecule has 0 heterocycles. The normalized spacial score (nSPS) is 9.50. The first-order valence-electron chi connectivity index (χ1n) is 2.34. The molecule has 2 heteroatoms. The molecule has 0 aromatic carbocycles. The van der Waals surface area contributed by atoms with E-state index in [0.29, 0.717) is 6.54 Å². The van der Waals surface area contributed by atoms with Gasteiger partial charge in [-0.2, -0.15) is 0 Å². The second-order valence-electron chi connectivity index (χ2n) is 1.13. The zero-order valence-corrected chi connectivity index (χ0v) is 5.45. The molecule has 0 aliphatic rings. The molecule has 0 spiro atoms. The second-order valence-corrected chi connectivity index (χ2v) is 2.14. The lowest BCUT2D eigenvalue weighted by Gasteiger charge is -1.84. The third-order valence-corrected chi connectivity index (χ3v) is 1.30. The van der Waals surface area contributed by atoms with Gasteiger partial charge in [0.2, 0.25) is 0 Å². The highest BCUT2D eigenvalue weighted by Crippen LogP contribution is 1.97. The quantitative estimate of drug-likeness (QED) is 0.449. The number of thioether (sulfide) groups is 1. The van der Waals surface area contributed by atoms with Gasteiger partial charge in [-0.3, -0.25) is 0 Å². The summed E-state index contributed by atoms with van der Waals surface area (Å²) in [5.41, 5.74) is 5.20. The van der Waals surface area contributed by atoms with E-state index in [9.17, 15) is 0 Å². The summed E-state index contributed by atoms with van der Waals surface area (Å²) in [6.07, 6.45) is 6.60. The third kappa shape index (κ3) is 5.61. The molecule has 0 bridgehead atoms. The Morgan fingerprint density at radius 2 is 2.50 bits per heavy atom. The van der Waals surface area contributed by atoms with Crippen molar-refractivity contribution in [2.24, 2.45) is 5.73 Å². The molecule has 0 saturated carbocycles. The van der Waals surface area contributed by atoms with E-state index >= 15 is 0 Å². The molecule has 1 nitrogen and oxygen atoms in total. The highest BCUT2D eigenvalue weighted by atomic mass is 32.2. The Hall–Kier alpha value is -0.390. The van der Waals surface area contributed by atoms with Crippen LogP contribution in [0.5, 0.6) is 0 Å². The predicted octanol–water partition coefficient (Wildman–Crippen LogP) is 0.825. The van der Waals surface area contributed by atoms with Crippen LogP contribution in [0, 0.1) is 12.3 Å². The number of hydrogen-bond donors (Lipinski definition) is 1. The predicted molar refractivity (Wildman–Crippen MR) is 39.5 cm³/mol. The first-order valence-corrected chi connectivity index (χ1v) is 3.39. The van der Waals surface area contributed by atoms with Gasteiger partial charge in [0.1, 0.15) is 0 Å². The number of terminal acetylenes is 1. The van der Waals surface area contributed by atoms with Gasteiger partial charge in [-0.1, -0.05) is 5.92 Å². The van der Waals surface area contributed by atoms with Crippen LogP contribution in [0.15, 0.2) is 11.5 Å². The standard InChI is InChI=1S/C6H9NS/c1-2-3-5-8-6-4-7/h1,3,5H,4,6-7H2/b5-3+. The van der Waals surface area contributed by atoms with E-state index in [2.05, 4.69) is 5.92 Å². The minimum absolute atomic E-state index is 0.708. The maximum Gasteiger partial charge on any atom is 0.00976 e. The Labute approximate surface area is 54.3 Å². The first kappa shape index (κ1) is 7.61. The molecule has 0 rings (SSSR count). The summed E-state index contributed by atoms with van der Waals surface area (Å²) in [6, 6.07) is 0. The van der Waals surface area contributed by atoms with Gasteiger partial charge in [0, 0.05) is 12.3 Å². The number of rotatable bonds is 3. The summed E-state index contributed by atoms with van der Waals surface area (Å²) in [4.78, 5) is 0. The van der Waals surface area contributed by atoms with Crippen LogP contribution >= 0.6 is 11.8 Å². The summed E-state index contributed by atoms with van der Waals surface area (Å²) in [5.74, 6) is 3.33. The molecule has 0 radical (unpaired) electrons. The zero-order valence-electron chi connectivity index (χ0n) is 4.63. The fourth-order valence-corrected chi connectivity index (χ4v) is 0.670. The molecule has 0 amide bonds. The molecule has 0 unspecified atom stereocenters. The minimum Gasteiger partial charge on any atom is -0.330 e. The summed E-state index contributed by atoms with van der Waals surface area (Å²) in [6.45, 7) is 0.708. The molecule has 0 saturated heterocycles. The van der Waals surface area contributed by atoms with Crippen LogP contribution in [0.4, 0.5) is 0 Å². The van der Waals surface area contributed by atoms with Gasteiger partial charge in [0.25, 0.3) is 0 Å². The molecular formula is C6H9NS. The van der Waals surface area contributed by atoms with Crippen LogP contribution in [0.2, 0.25) is 0 Å². The van der Waals surface area contributed by atoms with Crippen molar-refractivity contribution in [2.75, 3.05) is 12.3 Å². The van der Waals surface area contributed by atoms with Crippen LogP contribution in [-0.4, -0.2) is 12.3 Å². The monoisotopic (exact) mass is 127 g/mol. The Morgan fingerprint density at radius 3 is 3.00 bits per heavy atom. The van der Waals surface area contributed by atoms with Crippen molar-refractivity contribution in [3.63, 3.8) is 0 Å². The molecule has 0 aliphatic carbocycles. The summed E-state index contributed by atoms with van der Waals surface area (Å²) in [7, 11) is 0. The Bertz CT molecular complexity index is 102. The van der Waals surface area contributed by atoms with Crippen molar-refractivity contribution in [1.82, 2.24) is 0 Å². The van der Waals surface area contributed by atoms with Gasteiger partial charge >= 0.3 is 0 Å². The molecule has 0 fully saturated rings.